The van der Waals surface area contributed by atoms with Crippen LogP contribution in [-0.2, 0) is 0 Å². The molecule has 1 N–H and O–H groups in total. The van der Waals surface area contributed by atoms with Crippen molar-refractivity contribution < 1.29 is 9.53 Å². The summed E-state index contributed by atoms with van der Waals surface area (Å²) in [5, 5.41) is 3.96. The molecule has 1 atom stereocenters. The Labute approximate surface area is 123 Å². The summed E-state index contributed by atoms with van der Waals surface area (Å²) >= 11 is 3.39. The number of hydrogen-bond donors (Lipinski definition) is 1. The first-order valence-electron chi connectivity index (χ1n) is 6.66. The summed E-state index contributed by atoms with van der Waals surface area (Å²) in [6, 6.07) is 7.48. The standard InChI is InChI=1S/C15H22BrNO2/c1-11(2)19-14-8-4-7-13(10-14)15(18)17-12(3)6-5-9-16/h4,7-8,10-12H,5-6,9H2,1-3H3,(H,17,18). The second-order valence-corrected chi connectivity index (χ2v) is 5.69. The van der Waals surface area contributed by atoms with E-state index in [2.05, 4.69) is 21.2 Å². The molecule has 0 aliphatic rings. The fourth-order valence-electron chi connectivity index (χ4n) is 1.75. The van der Waals surface area contributed by atoms with E-state index in [1.807, 2.05) is 32.9 Å². The van der Waals surface area contributed by atoms with Crippen LogP contribution < -0.4 is 10.1 Å². The molecule has 1 aromatic carbocycles. The predicted octanol–water partition coefficient (Wildman–Crippen LogP) is 3.77. The minimum absolute atomic E-state index is 0.0451. The largest absolute Gasteiger partial charge is 0.491 e. The molecule has 3 nitrogen and oxygen atoms in total. The van der Waals surface area contributed by atoms with Crippen molar-refractivity contribution in [3.8, 4) is 5.75 Å². The van der Waals surface area contributed by atoms with E-state index >= 15 is 0 Å². The predicted molar refractivity (Wildman–Crippen MR) is 82.2 cm³/mol. The molecule has 0 fully saturated rings. The zero-order chi connectivity index (χ0) is 14.3. The van der Waals surface area contributed by atoms with E-state index in [1.54, 1.807) is 12.1 Å². The van der Waals surface area contributed by atoms with Crippen molar-refractivity contribution >= 4 is 21.8 Å². The SMILES string of the molecule is CC(CCCBr)NC(=O)c1cccc(OC(C)C)c1. The zero-order valence-electron chi connectivity index (χ0n) is 11.8. The Balaban J connectivity index is 2.61. The van der Waals surface area contributed by atoms with Gasteiger partial charge in [-0.05, 0) is 51.8 Å². The average Bonchev–Trinajstić information content (AvgIpc) is 2.35. The molecule has 0 saturated heterocycles. The minimum Gasteiger partial charge on any atom is -0.491 e. The van der Waals surface area contributed by atoms with Gasteiger partial charge in [0.2, 0.25) is 0 Å². The van der Waals surface area contributed by atoms with Gasteiger partial charge in [0.25, 0.3) is 5.91 Å². The third-order valence-corrected chi connectivity index (χ3v) is 3.18. The first-order chi connectivity index (χ1) is 9.02. The van der Waals surface area contributed by atoms with Gasteiger partial charge >= 0.3 is 0 Å². The van der Waals surface area contributed by atoms with E-state index in [0.717, 1.165) is 23.9 Å². The Bertz CT molecular complexity index is 407. The van der Waals surface area contributed by atoms with Crippen LogP contribution in [0.4, 0.5) is 0 Å². The van der Waals surface area contributed by atoms with Crippen LogP contribution >= 0.6 is 15.9 Å². The molecule has 1 amide bonds. The number of ether oxygens (including phenoxy) is 1. The summed E-state index contributed by atoms with van der Waals surface area (Å²) < 4.78 is 5.59. The van der Waals surface area contributed by atoms with E-state index in [4.69, 9.17) is 4.74 Å². The molecule has 0 aromatic heterocycles. The van der Waals surface area contributed by atoms with Gasteiger partial charge in [-0.15, -0.1) is 0 Å². The molecule has 0 radical (unpaired) electrons. The van der Waals surface area contributed by atoms with Crippen LogP contribution in [0.3, 0.4) is 0 Å². The highest BCUT2D eigenvalue weighted by Crippen LogP contribution is 2.15. The van der Waals surface area contributed by atoms with Gasteiger partial charge in [0.1, 0.15) is 5.75 Å². The lowest BCUT2D eigenvalue weighted by atomic mass is 10.1. The molecule has 4 heteroatoms. The number of carbonyl (C=O) groups excluding carboxylic acids is 1. The smallest absolute Gasteiger partial charge is 0.251 e. The maximum Gasteiger partial charge on any atom is 0.251 e. The summed E-state index contributed by atoms with van der Waals surface area (Å²) in [4.78, 5) is 12.1. The van der Waals surface area contributed by atoms with Crippen molar-refractivity contribution in [3.63, 3.8) is 0 Å². The molecule has 19 heavy (non-hydrogen) atoms. The fraction of sp³-hybridized carbons (Fsp3) is 0.533. The van der Waals surface area contributed by atoms with Gasteiger partial charge in [0.05, 0.1) is 6.10 Å². The Morgan fingerprint density at radius 3 is 2.74 bits per heavy atom. The summed E-state index contributed by atoms with van der Waals surface area (Å²) in [5.41, 5.74) is 0.642. The highest BCUT2D eigenvalue weighted by atomic mass is 79.9. The van der Waals surface area contributed by atoms with Crippen molar-refractivity contribution in [2.75, 3.05) is 5.33 Å². The van der Waals surface area contributed by atoms with Gasteiger partial charge in [0.15, 0.2) is 0 Å². The summed E-state index contributed by atoms with van der Waals surface area (Å²) in [6.07, 6.45) is 2.13. The number of carbonyl (C=O) groups is 1. The normalized spacial score (nSPS) is 12.3. The van der Waals surface area contributed by atoms with Crippen LogP contribution in [0.1, 0.15) is 44.0 Å². The van der Waals surface area contributed by atoms with Gasteiger partial charge in [-0.1, -0.05) is 22.0 Å². The number of hydrogen-bond acceptors (Lipinski definition) is 2. The van der Waals surface area contributed by atoms with Gasteiger partial charge in [0, 0.05) is 16.9 Å². The van der Waals surface area contributed by atoms with E-state index in [9.17, 15) is 4.79 Å². The molecule has 0 aliphatic carbocycles. The maximum absolute atomic E-state index is 12.1. The van der Waals surface area contributed by atoms with Crippen molar-refractivity contribution in [2.24, 2.45) is 0 Å². The monoisotopic (exact) mass is 327 g/mol. The summed E-state index contributed by atoms with van der Waals surface area (Å²) in [7, 11) is 0. The molecule has 0 bridgehead atoms. The highest BCUT2D eigenvalue weighted by Gasteiger charge is 2.10. The van der Waals surface area contributed by atoms with Crippen LogP contribution in [0, 0.1) is 0 Å². The lowest BCUT2D eigenvalue weighted by Gasteiger charge is -2.14. The molecule has 106 valence electrons. The fourth-order valence-corrected chi connectivity index (χ4v) is 2.07. The molecule has 0 saturated carbocycles. The minimum atomic E-state index is -0.0451. The third-order valence-electron chi connectivity index (χ3n) is 2.62. The van der Waals surface area contributed by atoms with E-state index in [-0.39, 0.29) is 18.1 Å². The van der Waals surface area contributed by atoms with Gasteiger partial charge in [-0.25, -0.2) is 0 Å². The van der Waals surface area contributed by atoms with E-state index in [0.29, 0.717) is 5.56 Å². The summed E-state index contributed by atoms with van der Waals surface area (Å²) in [5.74, 6) is 0.687. The molecule has 1 aromatic rings. The zero-order valence-corrected chi connectivity index (χ0v) is 13.4. The van der Waals surface area contributed by atoms with Crippen LogP contribution in [0.25, 0.3) is 0 Å². The number of benzene rings is 1. The molecular formula is C15H22BrNO2. The molecule has 0 heterocycles. The number of rotatable bonds is 7. The first kappa shape index (κ1) is 16.0. The Morgan fingerprint density at radius 2 is 2.11 bits per heavy atom. The Kier molecular flexibility index (Phi) is 6.92. The quantitative estimate of drug-likeness (QED) is 0.774. The Morgan fingerprint density at radius 1 is 1.37 bits per heavy atom. The van der Waals surface area contributed by atoms with Crippen LogP contribution in [-0.4, -0.2) is 23.4 Å². The van der Waals surface area contributed by atoms with E-state index < -0.39 is 0 Å². The molecule has 0 aliphatic heterocycles. The summed E-state index contributed by atoms with van der Waals surface area (Å²) in [6.45, 7) is 5.96. The topological polar surface area (TPSA) is 38.3 Å². The maximum atomic E-state index is 12.1. The number of alkyl halides is 1. The molecule has 1 unspecified atom stereocenters. The average molecular weight is 328 g/mol. The first-order valence-corrected chi connectivity index (χ1v) is 7.78. The second kappa shape index (κ2) is 8.20. The molecular weight excluding hydrogens is 306 g/mol. The lowest BCUT2D eigenvalue weighted by Crippen LogP contribution is -2.32. The number of amides is 1. The van der Waals surface area contributed by atoms with Gasteiger partial charge in [-0.3, -0.25) is 4.79 Å². The molecule has 0 spiro atoms. The van der Waals surface area contributed by atoms with Crippen LogP contribution in [0.15, 0.2) is 24.3 Å². The van der Waals surface area contributed by atoms with Crippen LogP contribution in [0.2, 0.25) is 0 Å². The second-order valence-electron chi connectivity index (χ2n) is 4.90. The third kappa shape index (κ3) is 6.10. The molecule has 1 rings (SSSR count). The van der Waals surface area contributed by atoms with Crippen molar-refractivity contribution in [2.45, 2.75) is 45.8 Å². The Hall–Kier alpha value is -1.03. The van der Waals surface area contributed by atoms with Crippen molar-refractivity contribution in [1.29, 1.82) is 0 Å². The van der Waals surface area contributed by atoms with Gasteiger partial charge < -0.3 is 10.1 Å². The lowest BCUT2D eigenvalue weighted by molar-refractivity contribution is 0.0937. The van der Waals surface area contributed by atoms with Crippen molar-refractivity contribution in [3.05, 3.63) is 29.8 Å². The van der Waals surface area contributed by atoms with Crippen molar-refractivity contribution in [1.82, 2.24) is 5.32 Å². The van der Waals surface area contributed by atoms with Crippen LogP contribution in [0.5, 0.6) is 5.75 Å². The highest BCUT2D eigenvalue weighted by molar-refractivity contribution is 9.09. The van der Waals surface area contributed by atoms with Gasteiger partial charge in [-0.2, -0.15) is 0 Å². The number of nitrogens with one attached hydrogen (secondary N) is 1. The van der Waals surface area contributed by atoms with E-state index in [1.165, 1.54) is 0 Å². The number of halogens is 1.